The molecule has 0 spiro atoms. The maximum Gasteiger partial charge on any atom is 0.242 e. The van der Waals surface area contributed by atoms with E-state index in [2.05, 4.69) is 5.32 Å². The zero-order valence-electron chi connectivity index (χ0n) is 11.2. The van der Waals surface area contributed by atoms with E-state index in [9.17, 15) is 4.79 Å². The van der Waals surface area contributed by atoms with Gasteiger partial charge >= 0.3 is 0 Å². The van der Waals surface area contributed by atoms with Gasteiger partial charge in [0.2, 0.25) is 5.91 Å². The summed E-state index contributed by atoms with van der Waals surface area (Å²) < 4.78 is 5.33. The lowest BCUT2D eigenvalue weighted by Gasteiger charge is -2.31. The van der Waals surface area contributed by atoms with Gasteiger partial charge in [0.25, 0.3) is 0 Å². The van der Waals surface area contributed by atoms with E-state index >= 15 is 0 Å². The molecule has 104 valence electrons. The van der Waals surface area contributed by atoms with Gasteiger partial charge < -0.3 is 15.0 Å². The van der Waals surface area contributed by atoms with Crippen molar-refractivity contribution in [2.24, 2.45) is 0 Å². The third-order valence-corrected chi connectivity index (χ3v) is 3.85. The van der Waals surface area contributed by atoms with Crippen molar-refractivity contribution < 1.29 is 9.53 Å². The lowest BCUT2D eigenvalue weighted by atomic mass is 10.1. The van der Waals surface area contributed by atoms with Gasteiger partial charge in [-0.25, -0.2) is 0 Å². The fourth-order valence-electron chi connectivity index (χ4n) is 2.18. The maximum atomic E-state index is 12.4. The highest BCUT2D eigenvalue weighted by atomic mass is 35.5. The van der Waals surface area contributed by atoms with E-state index in [1.807, 2.05) is 31.2 Å². The first-order chi connectivity index (χ1) is 9.11. The lowest BCUT2D eigenvalue weighted by molar-refractivity contribution is -0.137. The van der Waals surface area contributed by atoms with Crippen LogP contribution in [0.3, 0.4) is 0 Å². The van der Waals surface area contributed by atoms with Crippen LogP contribution in [0.1, 0.15) is 18.5 Å². The number of amides is 1. The second-order valence-corrected chi connectivity index (χ2v) is 5.14. The van der Waals surface area contributed by atoms with Crippen molar-refractivity contribution in [3.63, 3.8) is 0 Å². The van der Waals surface area contributed by atoms with Crippen LogP contribution in [-0.4, -0.2) is 43.7 Å². The predicted molar refractivity (Wildman–Crippen MR) is 75.2 cm³/mol. The SMILES string of the molecule is CC(c1ccccc1Cl)N(C)C(=O)C1COCCN1. The Hall–Kier alpha value is -1.10. The highest BCUT2D eigenvalue weighted by molar-refractivity contribution is 6.31. The van der Waals surface area contributed by atoms with E-state index < -0.39 is 0 Å². The van der Waals surface area contributed by atoms with E-state index in [4.69, 9.17) is 16.3 Å². The molecule has 0 radical (unpaired) electrons. The Balaban J connectivity index is 2.08. The molecule has 19 heavy (non-hydrogen) atoms. The summed E-state index contributed by atoms with van der Waals surface area (Å²) in [4.78, 5) is 14.1. The van der Waals surface area contributed by atoms with Crippen molar-refractivity contribution in [2.75, 3.05) is 26.8 Å². The van der Waals surface area contributed by atoms with Gasteiger partial charge in [0.05, 0.1) is 19.3 Å². The molecule has 5 heteroatoms. The van der Waals surface area contributed by atoms with Gasteiger partial charge in [-0.2, -0.15) is 0 Å². The van der Waals surface area contributed by atoms with E-state index in [0.29, 0.717) is 24.8 Å². The van der Waals surface area contributed by atoms with Crippen LogP contribution >= 0.6 is 11.6 Å². The Morgan fingerprint density at radius 2 is 2.26 bits per heavy atom. The topological polar surface area (TPSA) is 41.6 Å². The third kappa shape index (κ3) is 3.26. The summed E-state index contributed by atoms with van der Waals surface area (Å²) in [6, 6.07) is 7.28. The number of halogens is 1. The molecular weight excluding hydrogens is 264 g/mol. The normalized spacial score (nSPS) is 20.9. The van der Waals surface area contributed by atoms with Crippen LogP contribution in [0, 0.1) is 0 Å². The number of benzene rings is 1. The number of carbonyl (C=O) groups excluding carboxylic acids is 1. The number of hydrogen-bond acceptors (Lipinski definition) is 3. The Morgan fingerprint density at radius 1 is 1.53 bits per heavy atom. The Bertz CT molecular complexity index is 447. The Morgan fingerprint density at radius 3 is 2.89 bits per heavy atom. The van der Waals surface area contributed by atoms with Crippen molar-refractivity contribution in [1.82, 2.24) is 10.2 Å². The molecule has 1 N–H and O–H groups in total. The molecule has 1 aromatic rings. The van der Waals surface area contributed by atoms with Crippen molar-refractivity contribution in [3.8, 4) is 0 Å². The van der Waals surface area contributed by atoms with Crippen molar-refractivity contribution in [3.05, 3.63) is 34.9 Å². The summed E-state index contributed by atoms with van der Waals surface area (Å²) in [6.07, 6.45) is 0. The quantitative estimate of drug-likeness (QED) is 0.920. The second kappa shape index (κ2) is 6.37. The number of rotatable bonds is 3. The largest absolute Gasteiger partial charge is 0.378 e. The molecule has 0 saturated carbocycles. The Kier molecular flexibility index (Phi) is 4.80. The fraction of sp³-hybridized carbons (Fsp3) is 0.500. The third-order valence-electron chi connectivity index (χ3n) is 3.50. The smallest absolute Gasteiger partial charge is 0.242 e. The molecule has 1 amide bonds. The molecular formula is C14H19ClN2O2. The summed E-state index contributed by atoms with van der Waals surface area (Å²) >= 11 is 6.18. The van der Waals surface area contributed by atoms with Crippen LogP contribution in [-0.2, 0) is 9.53 Å². The Labute approximate surface area is 118 Å². The van der Waals surface area contributed by atoms with Gasteiger partial charge in [-0.1, -0.05) is 29.8 Å². The molecule has 1 heterocycles. The molecule has 1 aromatic carbocycles. The second-order valence-electron chi connectivity index (χ2n) is 4.73. The summed E-state index contributed by atoms with van der Waals surface area (Å²) in [7, 11) is 1.80. The lowest BCUT2D eigenvalue weighted by Crippen LogP contribution is -2.52. The molecule has 1 aliphatic heterocycles. The van der Waals surface area contributed by atoms with E-state index in [1.165, 1.54) is 0 Å². The van der Waals surface area contributed by atoms with Crippen LogP contribution in [0.15, 0.2) is 24.3 Å². The highest BCUT2D eigenvalue weighted by Crippen LogP contribution is 2.26. The predicted octanol–water partition coefficient (Wildman–Crippen LogP) is 1.85. The summed E-state index contributed by atoms with van der Waals surface area (Å²) in [5.41, 5.74) is 0.955. The van der Waals surface area contributed by atoms with Crippen LogP contribution in [0.25, 0.3) is 0 Å². The number of carbonyl (C=O) groups is 1. The van der Waals surface area contributed by atoms with E-state index in [-0.39, 0.29) is 18.0 Å². The first-order valence-electron chi connectivity index (χ1n) is 6.43. The number of hydrogen-bond donors (Lipinski definition) is 1. The number of nitrogens with zero attached hydrogens (tertiary/aromatic N) is 1. The van der Waals surface area contributed by atoms with Crippen molar-refractivity contribution in [1.29, 1.82) is 0 Å². The van der Waals surface area contributed by atoms with Crippen LogP contribution in [0.2, 0.25) is 5.02 Å². The van der Waals surface area contributed by atoms with Gasteiger partial charge in [0, 0.05) is 18.6 Å². The zero-order chi connectivity index (χ0) is 13.8. The van der Waals surface area contributed by atoms with Gasteiger partial charge in [-0.3, -0.25) is 4.79 Å². The molecule has 2 unspecified atom stereocenters. The highest BCUT2D eigenvalue weighted by Gasteiger charge is 2.27. The summed E-state index contributed by atoms with van der Waals surface area (Å²) in [6.45, 7) is 3.78. The average molecular weight is 283 g/mol. The van der Waals surface area contributed by atoms with Gasteiger partial charge in [-0.15, -0.1) is 0 Å². The molecule has 0 aliphatic carbocycles. The fourth-order valence-corrected chi connectivity index (χ4v) is 2.48. The van der Waals surface area contributed by atoms with Crippen molar-refractivity contribution >= 4 is 17.5 Å². The molecule has 1 fully saturated rings. The van der Waals surface area contributed by atoms with Crippen LogP contribution < -0.4 is 5.32 Å². The van der Waals surface area contributed by atoms with Crippen LogP contribution in [0.5, 0.6) is 0 Å². The molecule has 2 rings (SSSR count). The molecule has 4 nitrogen and oxygen atoms in total. The number of morpholine rings is 1. The van der Waals surface area contributed by atoms with E-state index in [1.54, 1.807) is 11.9 Å². The first kappa shape index (κ1) is 14.3. The minimum atomic E-state index is -0.260. The van der Waals surface area contributed by atoms with Crippen LogP contribution in [0.4, 0.5) is 0 Å². The number of likely N-dealkylation sites (N-methyl/N-ethyl adjacent to an activating group) is 1. The van der Waals surface area contributed by atoms with E-state index in [0.717, 1.165) is 5.56 Å². The first-order valence-corrected chi connectivity index (χ1v) is 6.81. The number of nitrogens with one attached hydrogen (secondary N) is 1. The molecule has 2 atom stereocenters. The molecule has 1 aliphatic rings. The summed E-state index contributed by atoms with van der Waals surface area (Å²) in [5.74, 6) is 0.0344. The average Bonchev–Trinajstić information content (AvgIpc) is 2.46. The minimum absolute atomic E-state index is 0.0344. The van der Waals surface area contributed by atoms with Gasteiger partial charge in [0.15, 0.2) is 0 Å². The molecule has 0 aromatic heterocycles. The zero-order valence-corrected chi connectivity index (χ0v) is 12.0. The standard InChI is InChI=1S/C14H19ClN2O2/c1-10(11-5-3-4-6-12(11)15)17(2)14(18)13-9-19-8-7-16-13/h3-6,10,13,16H,7-9H2,1-2H3. The minimum Gasteiger partial charge on any atom is -0.378 e. The van der Waals surface area contributed by atoms with Gasteiger partial charge in [0.1, 0.15) is 6.04 Å². The summed E-state index contributed by atoms with van der Waals surface area (Å²) in [5, 5.41) is 3.85. The molecule has 0 bridgehead atoms. The molecule has 1 saturated heterocycles. The maximum absolute atomic E-state index is 12.4. The van der Waals surface area contributed by atoms with Gasteiger partial charge in [-0.05, 0) is 18.6 Å². The number of ether oxygens (including phenoxy) is 1. The monoisotopic (exact) mass is 282 g/mol. The van der Waals surface area contributed by atoms with Crippen molar-refractivity contribution in [2.45, 2.75) is 19.0 Å².